The summed E-state index contributed by atoms with van der Waals surface area (Å²) in [7, 11) is 0. The zero-order chi connectivity index (χ0) is 22.1. The van der Waals surface area contributed by atoms with Crippen molar-refractivity contribution in [2.24, 2.45) is 0 Å². The van der Waals surface area contributed by atoms with E-state index in [1.807, 2.05) is 0 Å². The molecule has 0 saturated carbocycles. The summed E-state index contributed by atoms with van der Waals surface area (Å²) in [6.07, 6.45) is 1.30. The fourth-order valence-corrected chi connectivity index (χ4v) is 3.81. The van der Waals surface area contributed by atoms with Crippen LogP contribution in [0.4, 0.5) is 15.8 Å². The molecule has 0 bridgehead atoms. The molecular formula is C23H22FN3O4. The largest absolute Gasteiger partial charge is 0.459 e. The summed E-state index contributed by atoms with van der Waals surface area (Å²) >= 11 is 0. The lowest BCUT2D eigenvalue weighted by Crippen LogP contribution is -2.37. The Morgan fingerprint density at radius 3 is 2.71 bits per heavy atom. The minimum atomic E-state index is -0.837. The predicted molar refractivity (Wildman–Crippen MR) is 114 cm³/mol. The van der Waals surface area contributed by atoms with Crippen LogP contribution in [0.5, 0.6) is 0 Å². The molecule has 1 atom stereocenters. The Morgan fingerprint density at radius 1 is 1.16 bits per heavy atom. The Labute approximate surface area is 178 Å². The topological polar surface area (TPSA) is 91.7 Å². The number of benzene rings is 2. The number of anilines is 2. The van der Waals surface area contributed by atoms with Crippen molar-refractivity contribution in [3.05, 3.63) is 59.6 Å². The Hall–Kier alpha value is -3.68. The molecule has 8 heteroatoms. The van der Waals surface area contributed by atoms with Crippen LogP contribution >= 0.6 is 0 Å². The Morgan fingerprint density at radius 2 is 1.97 bits per heavy atom. The van der Waals surface area contributed by atoms with Crippen LogP contribution in [0.25, 0.3) is 11.0 Å². The van der Waals surface area contributed by atoms with Gasteiger partial charge in [-0.2, -0.15) is 0 Å². The van der Waals surface area contributed by atoms with Gasteiger partial charge < -0.3 is 20.0 Å². The molecule has 2 N–H and O–H groups in total. The van der Waals surface area contributed by atoms with Crippen molar-refractivity contribution in [3.63, 3.8) is 0 Å². The lowest BCUT2D eigenvalue weighted by molar-refractivity contribution is -0.136. The van der Waals surface area contributed by atoms with Crippen LogP contribution in [-0.4, -0.2) is 24.3 Å². The first-order chi connectivity index (χ1) is 14.8. The molecule has 0 radical (unpaired) electrons. The van der Waals surface area contributed by atoms with E-state index in [0.717, 1.165) is 6.42 Å². The first kappa shape index (κ1) is 20.6. The average molecular weight is 423 g/mol. The predicted octanol–water partition coefficient (Wildman–Crippen LogP) is 3.82. The van der Waals surface area contributed by atoms with Gasteiger partial charge in [-0.15, -0.1) is 0 Å². The minimum absolute atomic E-state index is 0.0381. The second-order valence-corrected chi connectivity index (χ2v) is 7.58. The Balaban J connectivity index is 1.44. The maximum absolute atomic E-state index is 13.5. The van der Waals surface area contributed by atoms with Crippen molar-refractivity contribution < 1.29 is 23.2 Å². The van der Waals surface area contributed by atoms with Crippen LogP contribution in [0.3, 0.4) is 0 Å². The molecule has 2 aromatic carbocycles. The number of hydrogen-bond acceptors (Lipinski definition) is 4. The van der Waals surface area contributed by atoms with E-state index in [4.69, 9.17) is 4.42 Å². The summed E-state index contributed by atoms with van der Waals surface area (Å²) in [6, 6.07) is 10.4. The number of fused-ring (bicyclic) bond motifs is 1. The zero-order valence-electron chi connectivity index (χ0n) is 17.2. The molecular weight excluding hydrogens is 401 g/mol. The second-order valence-electron chi connectivity index (χ2n) is 7.58. The number of furan rings is 1. The van der Waals surface area contributed by atoms with Gasteiger partial charge in [0.05, 0.1) is 6.04 Å². The van der Waals surface area contributed by atoms with E-state index >= 15 is 0 Å². The fourth-order valence-electron chi connectivity index (χ4n) is 3.81. The maximum Gasteiger partial charge on any atom is 0.313 e. The average Bonchev–Trinajstić information content (AvgIpc) is 3.31. The number of carbonyl (C=O) groups excluding carboxylic acids is 3. The van der Waals surface area contributed by atoms with E-state index in [0.29, 0.717) is 46.6 Å². The molecule has 7 nitrogen and oxygen atoms in total. The minimum Gasteiger partial charge on any atom is -0.459 e. The SMILES string of the molecule is Cc1c(C(C)NC(=O)C(=O)Nc2cccc(N3CCCC3=O)c2)oc2ccc(F)cc12. The van der Waals surface area contributed by atoms with E-state index in [2.05, 4.69) is 10.6 Å². The van der Waals surface area contributed by atoms with E-state index < -0.39 is 17.9 Å². The van der Waals surface area contributed by atoms with Crippen LogP contribution in [0.15, 0.2) is 46.9 Å². The van der Waals surface area contributed by atoms with Gasteiger partial charge >= 0.3 is 11.8 Å². The highest BCUT2D eigenvalue weighted by Crippen LogP contribution is 2.30. The fraction of sp³-hybridized carbons (Fsp3) is 0.261. The lowest BCUT2D eigenvalue weighted by Gasteiger charge is -2.17. The molecule has 31 heavy (non-hydrogen) atoms. The van der Waals surface area contributed by atoms with Crippen molar-refractivity contribution in [1.82, 2.24) is 5.32 Å². The smallest absolute Gasteiger partial charge is 0.313 e. The molecule has 3 amide bonds. The number of carbonyl (C=O) groups is 3. The van der Waals surface area contributed by atoms with Gasteiger partial charge in [0, 0.05) is 35.3 Å². The van der Waals surface area contributed by atoms with Gasteiger partial charge in [0.1, 0.15) is 17.2 Å². The molecule has 0 aliphatic carbocycles. The van der Waals surface area contributed by atoms with Gasteiger partial charge in [0.15, 0.2) is 0 Å². The third-order valence-electron chi connectivity index (χ3n) is 5.37. The highest BCUT2D eigenvalue weighted by molar-refractivity contribution is 6.39. The van der Waals surface area contributed by atoms with Crippen LogP contribution < -0.4 is 15.5 Å². The highest BCUT2D eigenvalue weighted by atomic mass is 19.1. The van der Waals surface area contributed by atoms with Crippen LogP contribution in [0, 0.1) is 12.7 Å². The van der Waals surface area contributed by atoms with Crippen molar-refractivity contribution >= 4 is 40.1 Å². The quantitative estimate of drug-likeness (QED) is 0.624. The number of halogens is 1. The summed E-state index contributed by atoms with van der Waals surface area (Å²) in [5.74, 6) is -1.55. The lowest BCUT2D eigenvalue weighted by atomic mass is 10.1. The summed E-state index contributed by atoms with van der Waals surface area (Å²) in [5, 5.41) is 5.78. The first-order valence-electron chi connectivity index (χ1n) is 10.0. The highest BCUT2D eigenvalue weighted by Gasteiger charge is 2.24. The van der Waals surface area contributed by atoms with E-state index in [9.17, 15) is 18.8 Å². The number of nitrogens with zero attached hydrogens (tertiary/aromatic N) is 1. The zero-order valence-corrected chi connectivity index (χ0v) is 17.2. The van der Waals surface area contributed by atoms with E-state index in [1.165, 1.54) is 18.2 Å². The van der Waals surface area contributed by atoms with Gasteiger partial charge in [-0.05, 0) is 56.7 Å². The molecule has 3 aromatic rings. The number of nitrogens with one attached hydrogen (secondary N) is 2. The van der Waals surface area contributed by atoms with Gasteiger partial charge in [-0.1, -0.05) is 6.07 Å². The molecule has 1 aliphatic heterocycles. The normalized spacial score (nSPS) is 14.7. The molecule has 0 spiro atoms. The summed E-state index contributed by atoms with van der Waals surface area (Å²) in [5.41, 5.74) is 2.30. The summed E-state index contributed by atoms with van der Waals surface area (Å²) in [4.78, 5) is 38.4. The van der Waals surface area contributed by atoms with Crippen LogP contribution in [0.2, 0.25) is 0 Å². The monoisotopic (exact) mass is 423 g/mol. The number of hydrogen-bond donors (Lipinski definition) is 2. The van der Waals surface area contributed by atoms with Crippen molar-refractivity contribution in [2.45, 2.75) is 32.7 Å². The van der Waals surface area contributed by atoms with Gasteiger partial charge in [-0.3, -0.25) is 14.4 Å². The number of amides is 3. The van der Waals surface area contributed by atoms with E-state index in [1.54, 1.807) is 43.0 Å². The third kappa shape index (κ3) is 4.14. The van der Waals surface area contributed by atoms with Crippen LogP contribution in [0.1, 0.15) is 37.1 Å². The molecule has 160 valence electrons. The molecule has 1 aromatic heterocycles. The summed E-state index contributed by atoms with van der Waals surface area (Å²) in [6.45, 7) is 4.09. The molecule has 1 aliphatic rings. The molecule has 1 unspecified atom stereocenters. The maximum atomic E-state index is 13.5. The first-order valence-corrected chi connectivity index (χ1v) is 10.0. The number of aryl methyl sites for hydroxylation is 1. The van der Waals surface area contributed by atoms with Gasteiger partial charge in [0.25, 0.3) is 0 Å². The summed E-state index contributed by atoms with van der Waals surface area (Å²) < 4.78 is 19.3. The molecule has 2 heterocycles. The van der Waals surface area contributed by atoms with Crippen molar-refractivity contribution in [3.8, 4) is 0 Å². The Bertz CT molecular complexity index is 1190. The van der Waals surface area contributed by atoms with Crippen molar-refractivity contribution in [1.29, 1.82) is 0 Å². The number of rotatable bonds is 4. The standard InChI is InChI=1S/C23H22FN3O4/c1-13-18-11-15(24)8-9-19(18)31-21(13)14(2)25-22(29)23(30)26-16-5-3-6-17(12-16)27-10-4-7-20(27)28/h3,5-6,8-9,11-12,14H,4,7,10H2,1-2H3,(H,25,29)(H,26,30). The Kier molecular flexibility index (Phi) is 5.46. The van der Waals surface area contributed by atoms with E-state index in [-0.39, 0.29) is 11.7 Å². The molecule has 1 saturated heterocycles. The van der Waals surface area contributed by atoms with Crippen LogP contribution in [-0.2, 0) is 14.4 Å². The third-order valence-corrected chi connectivity index (χ3v) is 5.37. The van der Waals surface area contributed by atoms with Crippen molar-refractivity contribution in [2.75, 3.05) is 16.8 Å². The second kappa shape index (κ2) is 8.22. The molecule has 1 fully saturated rings. The van der Waals surface area contributed by atoms with Gasteiger partial charge in [-0.25, -0.2) is 4.39 Å². The van der Waals surface area contributed by atoms with Gasteiger partial charge in [0.2, 0.25) is 5.91 Å². The molecule has 4 rings (SSSR count).